The highest BCUT2D eigenvalue weighted by Crippen LogP contribution is 2.38. The number of nitrogens with one attached hydrogen (secondary N) is 1. The quantitative estimate of drug-likeness (QED) is 0.762. The van der Waals surface area contributed by atoms with Crippen molar-refractivity contribution in [1.29, 1.82) is 0 Å². The van der Waals surface area contributed by atoms with Gasteiger partial charge in [-0.05, 0) is 29.8 Å². The molecule has 0 amide bonds. The van der Waals surface area contributed by atoms with Crippen LogP contribution in [-0.2, 0) is 6.18 Å². The second-order valence-electron chi connectivity index (χ2n) is 3.65. The van der Waals surface area contributed by atoms with Crippen LogP contribution >= 0.6 is 34.8 Å². The SMILES string of the molecule is FC(F)(F)c1cc(Cl)ccc1Nc1nc(Cl)ncc1Cl. The molecular formula is C11H5Cl3F3N3. The summed E-state index contributed by atoms with van der Waals surface area (Å²) in [6, 6.07) is 3.30. The molecule has 0 unspecified atom stereocenters. The lowest BCUT2D eigenvalue weighted by atomic mass is 10.1. The van der Waals surface area contributed by atoms with Crippen LogP contribution in [0.4, 0.5) is 24.7 Å². The first-order valence-electron chi connectivity index (χ1n) is 5.09. The van der Waals surface area contributed by atoms with Crippen LogP contribution in [0.5, 0.6) is 0 Å². The number of aromatic nitrogens is 2. The molecule has 0 radical (unpaired) electrons. The predicted octanol–water partition coefficient (Wildman–Crippen LogP) is 5.20. The van der Waals surface area contributed by atoms with Crippen LogP contribution in [0.2, 0.25) is 15.3 Å². The van der Waals surface area contributed by atoms with Crippen molar-refractivity contribution in [2.24, 2.45) is 0 Å². The maximum absolute atomic E-state index is 12.9. The van der Waals surface area contributed by atoms with Crippen LogP contribution in [0.3, 0.4) is 0 Å². The first-order chi connectivity index (χ1) is 9.27. The van der Waals surface area contributed by atoms with Gasteiger partial charge in [-0.15, -0.1) is 0 Å². The summed E-state index contributed by atoms with van der Waals surface area (Å²) >= 11 is 16.9. The molecule has 1 aromatic heterocycles. The molecule has 0 saturated heterocycles. The number of hydrogen-bond acceptors (Lipinski definition) is 3. The molecule has 3 nitrogen and oxygen atoms in total. The summed E-state index contributed by atoms with van der Waals surface area (Å²) in [6.07, 6.45) is -3.39. The van der Waals surface area contributed by atoms with Gasteiger partial charge in [0.2, 0.25) is 5.28 Å². The Morgan fingerprint density at radius 1 is 1.10 bits per heavy atom. The molecule has 106 valence electrons. The van der Waals surface area contributed by atoms with Gasteiger partial charge in [0.05, 0.1) is 17.4 Å². The van der Waals surface area contributed by atoms with Gasteiger partial charge in [-0.1, -0.05) is 23.2 Å². The number of anilines is 2. The zero-order chi connectivity index (χ0) is 14.9. The summed E-state index contributed by atoms with van der Waals surface area (Å²) in [6.45, 7) is 0. The fourth-order valence-electron chi connectivity index (χ4n) is 1.42. The zero-order valence-electron chi connectivity index (χ0n) is 9.47. The molecule has 2 rings (SSSR count). The second-order valence-corrected chi connectivity index (χ2v) is 4.83. The van der Waals surface area contributed by atoms with Gasteiger partial charge in [-0.25, -0.2) is 4.98 Å². The number of alkyl halides is 3. The van der Waals surface area contributed by atoms with E-state index in [1.807, 2.05) is 0 Å². The first kappa shape index (κ1) is 15.2. The van der Waals surface area contributed by atoms with E-state index >= 15 is 0 Å². The van der Waals surface area contributed by atoms with Gasteiger partial charge in [0.25, 0.3) is 0 Å². The standard InChI is InChI=1S/C11H5Cl3F3N3/c12-5-1-2-8(6(3-5)11(15,16)17)19-9-7(13)4-18-10(14)20-9/h1-4H,(H,18,19,20). The van der Waals surface area contributed by atoms with Crippen molar-refractivity contribution in [3.05, 3.63) is 45.3 Å². The highest BCUT2D eigenvalue weighted by atomic mass is 35.5. The van der Waals surface area contributed by atoms with Crippen LogP contribution in [0.25, 0.3) is 0 Å². The lowest BCUT2D eigenvalue weighted by molar-refractivity contribution is -0.136. The highest BCUT2D eigenvalue weighted by Gasteiger charge is 2.34. The maximum atomic E-state index is 12.9. The highest BCUT2D eigenvalue weighted by molar-refractivity contribution is 6.33. The Bertz CT molecular complexity index is 647. The fraction of sp³-hybridized carbons (Fsp3) is 0.0909. The molecule has 0 aliphatic rings. The summed E-state index contributed by atoms with van der Waals surface area (Å²) in [5.41, 5.74) is -1.17. The van der Waals surface area contributed by atoms with Crippen LogP contribution in [-0.4, -0.2) is 9.97 Å². The third-order valence-electron chi connectivity index (χ3n) is 2.25. The van der Waals surface area contributed by atoms with Crippen LogP contribution in [0.15, 0.2) is 24.4 Å². The summed E-state index contributed by atoms with van der Waals surface area (Å²) in [5, 5.41) is 2.34. The molecule has 2 aromatic rings. The first-order valence-corrected chi connectivity index (χ1v) is 6.22. The molecule has 1 heterocycles. The average Bonchev–Trinajstić information content (AvgIpc) is 2.34. The van der Waals surface area contributed by atoms with Crippen LogP contribution in [0.1, 0.15) is 5.56 Å². The molecule has 0 atom stereocenters. The Morgan fingerprint density at radius 2 is 1.80 bits per heavy atom. The molecular weight excluding hydrogens is 337 g/mol. The minimum absolute atomic E-state index is 0.0283. The lowest BCUT2D eigenvalue weighted by Gasteiger charge is -2.15. The predicted molar refractivity (Wildman–Crippen MR) is 71.8 cm³/mol. The van der Waals surface area contributed by atoms with E-state index in [2.05, 4.69) is 15.3 Å². The third kappa shape index (κ3) is 3.45. The van der Waals surface area contributed by atoms with Crippen molar-refractivity contribution in [3.63, 3.8) is 0 Å². The van der Waals surface area contributed by atoms with Crippen LogP contribution in [0, 0.1) is 0 Å². The van der Waals surface area contributed by atoms with Gasteiger partial charge in [0, 0.05) is 5.02 Å². The summed E-state index contributed by atoms with van der Waals surface area (Å²) in [5.74, 6) is -0.0283. The van der Waals surface area contributed by atoms with E-state index in [1.165, 1.54) is 18.3 Å². The van der Waals surface area contributed by atoms with E-state index in [4.69, 9.17) is 34.8 Å². The summed E-state index contributed by atoms with van der Waals surface area (Å²) in [7, 11) is 0. The molecule has 1 N–H and O–H groups in total. The Kier molecular flexibility index (Phi) is 4.27. The largest absolute Gasteiger partial charge is 0.418 e. The number of rotatable bonds is 2. The van der Waals surface area contributed by atoms with E-state index < -0.39 is 11.7 Å². The van der Waals surface area contributed by atoms with Gasteiger partial charge in [-0.2, -0.15) is 18.2 Å². The topological polar surface area (TPSA) is 37.8 Å². The van der Waals surface area contributed by atoms with E-state index in [1.54, 1.807) is 0 Å². The number of benzene rings is 1. The maximum Gasteiger partial charge on any atom is 0.418 e. The molecule has 0 spiro atoms. The summed E-state index contributed by atoms with van der Waals surface area (Å²) in [4.78, 5) is 7.33. The van der Waals surface area contributed by atoms with E-state index in [-0.39, 0.29) is 26.8 Å². The monoisotopic (exact) mass is 341 g/mol. The number of hydrogen-bond donors (Lipinski definition) is 1. The summed E-state index contributed by atoms with van der Waals surface area (Å²) < 4.78 is 38.8. The minimum Gasteiger partial charge on any atom is -0.338 e. The lowest BCUT2D eigenvalue weighted by Crippen LogP contribution is -2.09. The Balaban J connectivity index is 2.46. The Hall–Kier alpha value is -1.24. The number of halogens is 6. The van der Waals surface area contributed by atoms with E-state index in [9.17, 15) is 13.2 Å². The third-order valence-corrected chi connectivity index (χ3v) is 2.95. The van der Waals surface area contributed by atoms with Crippen molar-refractivity contribution >= 4 is 46.3 Å². The van der Waals surface area contributed by atoms with E-state index in [0.29, 0.717) is 0 Å². The Labute approximate surface area is 126 Å². The van der Waals surface area contributed by atoms with Crippen LogP contribution < -0.4 is 5.32 Å². The molecule has 0 aliphatic heterocycles. The molecule has 0 saturated carbocycles. The smallest absolute Gasteiger partial charge is 0.338 e. The number of nitrogens with zero attached hydrogens (tertiary/aromatic N) is 2. The van der Waals surface area contributed by atoms with E-state index in [0.717, 1.165) is 6.07 Å². The van der Waals surface area contributed by atoms with Gasteiger partial charge in [0.15, 0.2) is 5.82 Å². The van der Waals surface area contributed by atoms with Crippen molar-refractivity contribution < 1.29 is 13.2 Å². The minimum atomic E-state index is -4.57. The van der Waals surface area contributed by atoms with Gasteiger partial charge in [-0.3, -0.25) is 0 Å². The van der Waals surface area contributed by atoms with Gasteiger partial charge in [0.1, 0.15) is 5.02 Å². The van der Waals surface area contributed by atoms with Crippen molar-refractivity contribution in [1.82, 2.24) is 9.97 Å². The fourth-order valence-corrected chi connectivity index (χ4v) is 1.86. The van der Waals surface area contributed by atoms with Gasteiger partial charge >= 0.3 is 6.18 Å². The second kappa shape index (κ2) is 5.63. The molecule has 9 heteroatoms. The molecule has 20 heavy (non-hydrogen) atoms. The molecule has 0 aliphatic carbocycles. The van der Waals surface area contributed by atoms with Crippen molar-refractivity contribution in [3.8, 4) is 0 Å². The molecule has 1 aromatic carbocycles. The van der Waals surface area contributed by atoms with Crippen molar-refractivity contribution in [2.75, 3.05) is 5.32 Å². The molecule has 0 fully saturated rings. The van der Waals surface area contributed by atoms with Crippen molar-refractivity contribution in [2.45, 2.75) is 6.18 Å². The Morgan fingerprint density at radius 3 is 2.45 bits per heavy atom. The normalized spacial score (nSPS) is 11.5. The zero-order valence-corrected chi connectivity index (χ0v) is 11.7. The van der Waals surface area contributed by atoms with Gasteiger partial charge < -0.3 is 5.32 Å². The average molecular weight is 343 g/mol. The molecule has 0 bridgehead atoms.